The van der Waals surface area contributed by atoms with Crippen LogP contribution in [0.5, 0.6) is 0 Å². The van der Waals surface area contributed by atoms with Crippen molar-refractivity contribution in [3.8, 4) is 16.9 Å². The zero-order chi connectivity index (χ0) is 16.4. The van der Waals surface area contributed by atoms with E-state index in [4.69, 9.17) is 5.11 Å². The minimum atomic E-state index is -0.943. The van der Waals surface area contributed by atoms with Crippen LogP contribution < -0.4 is 0 Å². The number of rotatable bonds is 4. The van der Waals surface area contributed by atoms with E-state index in [1.54, 1.807) is 28.9 Å². The van der Waals surface area contributed by atoms with E-state index in [1.165, 1.54) is 5.56 Å². The van der Waals surface area contributed by atoms with E-state index in [-0.39, 0.29) is 5.56 Å². The number of carboxylic acid groups (broad SMARTS) is 1. The van der Waals surface area contributed by atoms with Gasteiger partial charge in [0.25, 0.3) is 0 Å². The predicted octanol–water partition coefficient (Wildman–Crippen LogP) is 3.76. The van der Waals surface area contributed by atoms with Crippen LogP contribution in [-0.4, -0.2) is 26.1 Å². The highest BCUT2D eigenvalue weighted by molar-refractivity contribution is 5.87. The van der Waals surface area contributed by atoms with Gasteiger partial charge in [-0.15, -0.1) is 5.10 Å². The Labute approximate surface area is 134 Å². The summed E-state index contributed by atoms with van der Waals surface area (Å²) in [5.74, 6) is -0.450. The molecule has 1 N–H and O–H groups in total. The molecule has 23 heavy (non-hydrogen) atoms. The first-order chi connectivity index (χ1) is 11.0. The smallest absolute Gasteiger partial charge is 0.335 e. The van der Waals surface area contributed by atoms with Crippen molar-refractivity contribution in [2.24, 2.45) is 0 Å². The molecule has 0 aliphatic heterocycles. The average Bonchev–Trinajstić information content (AvgIpc) is 3.05. The first-order valence-electron chi connectivity index (χ1n) is 7.41. The molecule has 0 saturated heterocycles. The minimum Gasteiger partial charge on any atom is -0.478 e. The SMILES string of the molecule is CC(C)c1ccc(-c2cn(-c3ccc(C(=O)O)cc3)nn2)cc1. The Balaban J connectivity index is 1.86. The number of benzene rings is 2. The number of carbonyl (C=O) groups is 1. The molecular formula is C18H17N3O2. The van der Waals surface area contributed by atoms with E-state index in [0.29, 0.717) is 5.92 Å². The maximum Gasteiger partial charge on any atom is 0.335 e. The molecular weight excluding hydrogens is 290 g/mol. The second-order valence-corrected chi connectivity index (χ2v) is 5.68. The predicted molar refractivity (Wildman–Crippen MR) is 87.8 cm³/mol. The number of hydrogen-bond donors (Lipinski definition) is 1. The molecule has 0 aliphatic carbocycles. The Morgan fingerprint density at radius 3 is 2.26 bits per heavy atom. The molecule has 1 aromatic heterocycles. The highest BCUT2D eigenvalue weighted by Crippen LogP contribution is 2.21. The lowest BCUT2D eigenvalue weighted by atomic mass is 10.0. The number of aromatic nitrogens is 3. The maximum absolute atomic E-state index is 10.9. The van der Waals surface area contributed by atoms with Crippen molar-refractivity contribution in [2.45, 2.75) is 19.8 Å². The van der Waals surface area contributed by atoms with Crippen molar-refractivity contribution in [3.05, 3.63) is 65.9 Å². The van der Waals surface area contributed by atoms with Crippen LogP contribution in [0.1, 0.15) is 35.7 Å². The molecule has 0 spiro atoms. The molecule has 0 bridgehead atoms. The lowest BCUT2D eigenvalue weighted by Crippen LogP contribution is -1.98. The number of aromatic carboxylic acids is 1. The molecule has 0 atom stereocenters. The van der Waals surface area contributed by atoms with Crippen LogP contribution in [-0.2, 0) is 0 Å². The normalized spacial score (nSPS) is 10.9. The Bertz CT molecular complexity index is 818. The fourth-order valence-corrected chi connectivity index (χ4v) is 2.32. The van der Waals surface area contributed by atoms with Crippen molar-refractivity contribution in [3.63, 3.8) is 0 Å². The fraction of sp³-hybridized carbons (Fsp3) is 0.167. The third-order valence-electron chi connectivity index (χ3n) is 3.75. The second kappa shape index (κ2) is 6.04. The lowest BCUT2D eigenvalue weighted by Gasteiger charge is -2.05. The van der Waals surface area contributed by atoms with Gasteiger partial charge in [-0.3, -0.25) is 0 Å². The van der Waals surface area contributed by atoms with E-state index in [2.05, 4.69) is 36.3 Å². The van der Waals surface area contributed by atoms with Gasteiger partial charge in [0.05, 0.1) is 17.4 Å². The molecule has 0 fully saturated rings. The van der Waals surface area contributed by atoms with Gasteiger partial charge < -0.3 is 5.11 Å². The van der Waals surface area contributed by atoms with Crippen molar-refractivity contribution >= 4 is 5.97 Å². The summed E-state index contributed by atoms with van der Waals surface area (Å²) in [6.45, 7) is 4.32. The van der Waals surface area contributed by atoms with E-state index < -0.39 is 5.97 Å². The molecule has 3 aromatic rings. The number of carboxylic acids is 1. The minimum absolute atomic E-state index is 0.248. The summed E-state index contributed by atoms with van der Waals surface area (Å²) in [6, 6.07) is 14.8. The largest absolute Gasteiger partial charge is 0.478 e. The summed E-state index contributed by atoms with van der Waals surface area (Å²) in [7, 11) is 0. The van der Waals surface area contributed by atoms with Gasteiger partial charge in [-0.05, 0) is 35.7 Å². The van der Waals surface area contributed by atoms with Gasteiger partial charge in [0.15, 0.2) is 0 Å². The molecule has 0 amide bonds. The first kappa shape index (κ1) is 15.0. The van der Waals surface area contributed by atoms with Gasteiger partial charge in [-0.2, -0.15) is 0 Å². The van der Waals surface area contributed by atoms with Gasteiger partial charge in [0.1, 0.15) is 5.69 Å². The van der Waals surface area contributed by atoms with Crippen LogP contribution >= 0.6 is 0 Å². The van der Waals surface area contributed by atoms with Crippen LogP contribution in [0, 0.1) is 0 Å². The van der Waals surface area contributed by atoms with E-state index in [0.717, 1.165) is 16.9 Å². The van der Waals surface area contributed by atoms with Gasteiger partial charge in [0, 0.05) is 5.56 Å². The zero-order valence-corrected chi connectivity index (χ0v) is 13.0. The van der Waals surface area contributed by atoms with Crippen LogP contribution in [0.4, 0.5) is 0 Å². The molecule has 1 heterocycles. The van der Waals surface area contributed by atoms with E-state index in [1.807, 2.05) is 18.3 Å². The summed E-state index contributed by atoms with van der Waals surface area (Å²) in [6.07, 6.45) is 1.83. The van der Waals surface area contributed by atoms with E-state index in [9.17, 15) is 4.79 Å². The van der Waals surface area contributed by atoms with E-state index >= 15 is 0 Å². The molecule has 116 valence electrons. The molecule has 2 aromatic carbocycles. The van der Waals surface area contributed by atoms with Gasteiger partial charge in [0.2, 0.25) is 0 Å². The lowest BCUT2D eigenvalue weighted by molar-refractivity contribution is 0.0697. The van der Waals surface area contributed by atoms with Gasteiger partial charge >= 0.3 is 5.97 Å². The van der Waals surface area contributed by atoms with Crippen LogP contribution in [0.2, 0.25) is 0 Å². The summed E-state index contributed by atoms with van der Waals surface area (Å²) < 4.78 is 1.64. The molecule has 0 saturated carbocycles. The first-order valence-corrected chi connectivity index (χ1v) is 7.41. The molecule has 5 heteroatoms. The average molecular weight is 307 g/mol. The third kappa shape index (κ3) is 3.13. The third-order valence-corrected chi connectivity index (χ3v) is 3.75. The highest BCUT2D eigenvalue weighted by atomic mass is 16.4. The standard InChI is InChI=1S/C18H17N3O2/c1-12(2)13-3-5-14(6-4-13)17-11-21(20-19-17)16-9-7-15(8-10-16)18(22)23/h3-12H,1-2H3,(H,22,23). The van der Waals surface area contributed by atoms with Crippen LogP contribution in [0.3, 0.4) is 0 Å². The molecule has 0 radical (unpaired) electrons. The highest BCUT2D eigenvalue weighted by Gasteiger charge is 2.08. The van der Waals surface area contributed by atoms with Crippen molar-refractivity contribution < 1.29 is 9.90 Å². The Morgan fingerprint density at radius 1 is 1.04 bits per heavy atom. The van der Waals surface area contributed by atoms with Crippen molar-refractivity contribution in [1.29, 1.82) is 0 Å². The van der Waals surface area contributed by atoms with Gasteiger partial charge in [-0.25, -0.2) is 9.48 Å². The summed E-state index contributed by atoms with van der Waals surface area (Å²) >= 11 is 0. The maximum atomic E-state index is 10.9. The van der Waals surface area contributed by atoms with Crippen LogP contribution in [0.25, 0.3) is 16.9 Å². The second-order valence-electron chi connectivity index (χ2n) is 5.68. The fourth-order valence-electron chi connectivity index (χ4n) is 2.32. The molecule has 0 unspecified atom stereocenters. The quantitative estimate of drug-likeness (QED) is 0.797. The van der Waals surface area contributed by atoms with Crippen molar-refractivity contribution in [1.82, 2.24) is 15.0 Å². The number of hydrogen-bond acceptors (Lipinski definition) is 3. The Kier molecular flexibility index (Phi) is 3.93. The topological polar surface area (TPSA) is 68.0 Å². The Hall–Kier alpha value is -2.95. The monoisotopic (exact) mass is 307 g/mol. The summed E-state index contributed by atoms with van der Waals surface area (Å²) in [5, 5.41) is 17.2. The molecule has 5 nitrogen and oxygen atoms in total. The molecule has 3 rings (SSSR count). The zero-order valence-electron chi connectivity index (χ0n) is 13.0. The molecule has 0 aliphatic rings. The van der Waals surface area contributed by atoms with Gasteiger partial charge in [-0.1, -0.05) is 43.3 Å². The Morgan fingerprint density at radius 2 is 1.70 bits per heavy atom. The number of nitrogens with zero attached hydrogens (tertiary/aromatic N) is 3. The van der Waals surface area contributed by atoms with Crippen molar-refractivity contribution in [2.75, 3.05) is 0 Å². The summed E-state index contributed by atoms with van der Waals surface area (Å²) in [4.78, 5) is 10.9. The van der Waals surface area contributed by atoms with Crippen LogP contribution in [0.15, 0.2) is 54.7 Å². The summed E-state index contributed by atoms with van der Waals surface area (Å²) in [5.41, 5.74) is 4.08.